The minimum Gasteiger partial charge on any atom is -0.391 e. The van der Waals surface area contributed by atoms with Crippen molar-refractivity contribution in [3.8, 4) is 0 Å². The van der Waals surface area contributed by atoms with E-state index in [1.807, 2.05) is 30.3 Å². The molecule has 18 heavy (non-hydrogen) atoms. The molecule has 3 heteroatoms. The molecule has 0 saturated carbocycles. The monoisotopic (exact) mass is 247 g/mol. The van der Waals surface area contributed by atoms with E-state index in [0.29, 0.717) is 6.61 Å². The van der Waals surface area contributed by atoms with Crippen LogP contribution >= 0.6 is 0 Å². The van der Waals surface area contributed by atoms with Crippen molar-refractivity contribution < 1.29 is 9.63 Å². The van der Waals surface area contributed by atoms with Crippen LogP contribution in [-0.2, 0) is 16.2 Å². The summed E-state index contributed by atoms with van der Waals surface area (Å²) in [6.45, 7) is 4.15. The van der Waals surface area contributed by atoms with Gasteiger partial charge in [-0.2, -0.15) is 0 Å². The largest absolute Gasteiger partial charge is 0.391 e. The number of nitrogens with zero attached hydrogens (tertiary/aromatic N) is 1. The molecule has 1 atom stereocenters. The number of ketones is 1. The highest BCUT2D eigenvalue weighted by Crippen LogP contribution is 2.08. The number of carbonyl (C=O) groups is 1. The Morgan fingerprint density at radius 3 is 2.72 bits per heavy atom. The van der Waals surface area contributed by atoms with Gasteiger partial charge in [-0.25, -0.2) is 0 Å². The molecule has 0 aliphatic rings. The summed E-state index contributed by atoms with van der Waals surface area (Å²) in [4.78, 5) is 16.6. The van der Waals surface area contributed by atoms with Gasteiger partial charge in [-0.3, -0.25) is 4.79 Å². The number of benzene rings is 1. The third kappa shape index (κ3) is 5.62. The fourth-order valence-electron chi connectivity index (χ4n) is 1.61. The molecule has 0 aromatic heterocycles. The first-order valence-corrected chi connectivity index (χ1v) is 6.44. The predicted octanol–water partition coefficient (Wildman–Crippen LogP) is 3.58. The van der Waals surface area contributed by atoms with Crippen LogP contribution in [0.15, 0.2) is 35.5 Å². The molecule has 0 aliphatic carbocycles. The summed E-state index contributed by atoms with van der Waals surface area (Å²) in [5, 5.41) is 3.90. The maximum atomic E-state index is 11.4. The van der Waals surface area contributed by atoms with Crippen LogP contribution in [0, 0.1) is 5.92 Å². The lowest BCUT2D eigenvalue weighted by atomic mass is 10.00. The average Bonchev–Trinajstić information content (AvgIpc) is 2.38. The first-order valence-electron chi connectivity index (χ1n) is 6.44. The quantitative estimate of drug-likeness (QED) is 0.520. The van der Waals surface area contributed by atoms with Crippen molar-refractivity contribution in [3.05, 3.63) is 35.9 Å². The Bertz CT molecular complexity index is 373. The van der Waals surface area contributed by atoms with Crippen LogP contribution in [0.5, 0.6) is 0 Å². The fraction of sp³-hybridized carbons (Fsp3) is 0.467. The van der Waals surface area contributed by atoms with Gasteiger partial charge in [0.2, 0.25) is 0 Å². The van der Waals surface area contributed by atoms with E-state index in [0.717, 1.165) is 24.8 Å². The van der Waals surface area contributed by atoms with Crippen LogP contribution in [0.25, 0.3) is 0 Å². The first kappa shape index (κ1) is 14.4. The fourth-order valence-corrected chi connectivity index (χ4v) is 1.61. The summed E-state index contributed by atoms with van der Waals surface area (Å²) in [5.74, 6) is 0.0382. The molecule has 3 nitrogen and oxygen atoms in total. The molecule has 0 saturated heterocycles. The van der Waals surface area contributed by atoms with Crippen molar-refractivity contribution >= 4 is 12.0 Å². The summed E-state index contributed by atoms with van der Waals surface area (Å²) in [7, 11) is 0. The summed E-state index contributed by atoms with van der Waals surface area (Å²) < 4.78 is 0. The molecular formula is C15H21NO2. The lowest BCUT2D eigenvalue weighted by molar-refractivity contribution is -0.118. The number of carbonyl (C=O) groups excluding carboxylic acids is 1. The summed E-state index contributed by atoms with van der Waals surface area (Å²) in [6.07, 6.45) is 4.60. The minimum absolute atomic E-state index is 0.110. The Morgan fingerprint density at radius 1 is 1.39 bits per heavy atom. The van der Waals surface area contributed by atoms with Crippen LogP contribution in [-0.4, -0.2) is 12.0 Å². The Morgan fingerprint density at radius 2 is 2.11 bits per heavy atom. The normalized spacial score (nSPS) is 12.6. The van der Waals surface area contributed by atoms with Crippen LogP contribution in [0.2, 0.25) is 0 Å². The van der Waals surface area contributed by atoms with Gasteiger partial charge < -0.3 is 4.84 Å². The van der Waals surface area contributed by atoms with Gasteiger partial charge in [0.1, 0.15) is 12.4 Å². The second-order valence-electron chi connectivity index (χ2n) is 4.37. The SMILES string of the molecule is CCCCC(C=NOCc1ccccc1)C(C)=O. The van der Waals surface area contributed by atoms with Gasteiger partial charge >= 0.3 is 0 Å². The zero-order valence-electron chi connectivity index (χ0n) is 11.1. The highest BCUT2D eigenvalue weighted by molar-refractivity contribution is 5.93. The molecule has 0 radical (unpaired) electrons. The van der Waals surface area contributed by atoms with Crippen LogP contribution in [0.1, 0.15) is 38.7 Å². The predicted molar refractivity (Wildman–Crippen MR) is 73.4 cm³/mol. The van der Waals surface area contributed by atoms with E-state index in [1.54, 1.807) is 13.1 Å². The van der Waals surface area contributed by atoms with E-state index < -0.39 is 0 Å². The van der Waals surface area contributed by atoms with Gasteiger partial charge in [0.05, 0.1) is 12.1 Å². The Kier molecular flexibility index (Phi) is 6.77. The molecule has 1 rings (SSSR count). The van der Waals surface area contributed by atoms with E-state index in [2.05, 4.69) is 12.1 Å². The van der Waals surface area contributed by atoms with Crippen molar-refractivity contribution in [1.29, 1.82) is 0 Å². The Balaban J connectivity index is 2.35. The third-order valence-corrected chi connectivity index (χ3v) is 2.78. The number of rotatable bonds is 8. The summed E-state index contributed by atoms with van der Waals surface area (Å²) in [5.41, 5.74) is 1.07. The number of hydrogen-bond acceptors (Lipinski definition) is 3. The van der Waals surface area contributed by atoms with Crippen molar-refractivity contribution in [1.82, 2.24) is 0 Å². The standard InChI is InChI=1S/C15H21NO2/c1-3-4-10-15(13(2)17)11-16-18-12-14-8-6-5-7-9-14/h5-9,11,15H,3-4,10,12H2,1-2H3. The van der Waals surface area contributed by atoms with Crippen LogP contribution in [0.4, 0.5) is 0 Å². The lowest BCUT2D eigenvalue weighted by Gasteiger charge is -2.06. The zero-order chi connectivity index (χ0) is 13.2. The lowest BCUT2D eigenvalue weighted by Crippen LogP contribution is -2.12. The third-order valence-electron chi connectivity index (χ3n) is 2.78. The molecule has 1 aromatic rings. The number of Topliss-reactive ketones (excluding diaryl/α,β-unsaturated/α-hetero) is 1. The topological polar surface area (TPSA) is 38.7 Å². The van der Waals surface area contributed by atoms with Gasteiger partial charge in [-0.1, -0.05) is 55.3 Å². The molecule has 0 fully saturated rings. The molecule has 1 aromatic carbocycles. The molecule has 0 heterocycles. The Labute approximate surface area is 109 Å². The summed E-state index contributed by atoms with van der Waals surface area (Å²) >= 11 is 0. The minimum atomic E-state index is -0.110. The highest BCUT2D eigenvalue weighted by atomic mass is 16.6. The maximum absolute atomic E-state index is 11.4. The zero-order valence-corrected chi connectivity index (χ0v) is 11.1. The molecule has 0 N–H and O–H groups in total. The van der Waals surface area contributed by atoms with Gasteiger partial charge in [-0.05, 0) is 18.9 Å². The molecule has 0 aliphatic heterocycles. The van der Waals surface area contributed by atoms with Gasteiger partial charge in [0.25, 0.3) is 0 Å². The van der Waals surface area contributed by atoms with Crippen molar-refractivity contribution in [2.45, 2.75) is 39.7 Å². The van der Waals surface area contributed by atoms with Crippen molar-refractivity contribution in [3.63, 3.8) is 0 Å². The van der Waals surface area contributed by atoms with Crippen molar-refractivity contribution in [2.75, 3.05) is 0 Å². The van der Waals surface area contributed by atoms with E-state index >= 15 is 0 Å². The molecule has 0 bridgehead atoms. The first-order chi connectivity index (χ1) is 8.74. The second-order valence-corrected chi connectivity index (χ2v) is 4.37. The second kappa shape index (κ2) is 8.45. The molecule has 0 spiro atoms. The molecular weight excluding hydrogens is 226 g/mol. The van der Waals surface area contributed by atoms with Gasteiger partial charge in [-0.15, -0.1) is 0 Å². The Hall–Kier alpha value is -1.64. The average molecular weight is 247 g/mol. The van der Waals surface area contributed by atoms with Crippen molar-refractivity contribution in [2.24, 2.45) is 11.1 Å². The number of oxime groups is 1. The maximum Gasteiger partial charge on any atom is 0.142 e. The smallest absolute Gasteiger partial charge is 0.142 e. The molecule has 1 unspecified atom stereocenters. The van der Waals surface area contributed by atoms with Gasteiger partial charge in [0, 0.05) is 0 Å². The van der Waals surface area contributed by atoms with Crippen LogP contribution < -0.4 is 0 Å². The van der Waals surface area contributed by atoms with E-state index in [9.17, 15) is 4.79 Å². The van der Waals surface area contributed by atoms with E-state index in [4.69, 9.17) is 4.84 Å². The molecule has 0 amide bonds. The van der Waals surface area contributed by atoms with E-state index in [-0.39, 0.29) is 11.7 Å². The van der Waals surface area contributed by atoms with Gasteiger partial charge in [0.15, 0.2) is 0 Å². The van der Waals surface area contributed by atoms with Crippen LogP contribution in [0.3, 0.4) is 0 Å². The molecule has 98 valence electrons. The number of unbranched alkanes of at least 4 members (excludes halogenated alkanes) is 1. The highest BCUT2D eigenvalue weighted by Gasteiger charge is 2.10. The van der Waals surface area contributed by atoms with E-state index in [1.165, 1.54) is 0 Å². The number of hydrogen-bond donors (Lipinski definition) is 0. The summed E-state index contributed by atoms with van der Waals surface area (Å²) in [6, 6.07) is 9.84.